The summed E-state index contributed by atoms with van der Waals surface area (Å²) in [5, 5.41) is 10.1. The first-order valence-electron chi connectivity index (χ1n) is 14.7. The fourth-order valence-corrected chi connectivity index (χ4v) is 7.44. The van der Waals surface area contributed by atoms with Gasteiger partial charge in [0.05, 0.1) is 30.3 Å². The summed E-state index contributed by atoms with van der Waals surface area (Å²) < 4.78 is 45.1. The maximum absolute atomic E-state index is 13.6. The molecule has 4 heterocycles. The molecule has 4 aromatic rings. The van der Waals surface area contributed by atoms with E-state index in [2.05, 4.69) is 41.3 Å². The van der Waals surface area contributed by atoms with Gasteiger partial charge in [0.25, 0.3) is 0 Å². The van der Waals surface area contributed by atoms with Crippen LogP contribution in [0.4, 0.5) is 5.82 Å². The molecule has 1 fully saturated rings. The third-order valence-electron chi connectivity index (χ3n) is 7.16. The Bertz CT molecular complexity index is 1690. The Labute approximate surface area is 255 Å². The van der Waals surface area contributed by atoms with Crippen LogP contribution in [0, 0.1) is 0 Å². The van der Waals surface area contributed by atoms with Crippen molar-refractivity contribution < 1.29 is 17.9 Å². The number of rotatable bonds is 10. The lowest BCUT2D eigenvalue weighted by molar-refractivity contribution is 0.0785. The number of fused-ring (bicyclic) bond motifs is 1. The van der Waals surface area contributed by atoms with Crippen molar-refractivity contribution in [2.75, 3.05) is 31.3 Å². The van der Waals surface area contributed by atoms with Crippen molar-refractivity contribution in [3.63, 3.8) is 0 Å². The number of nitrogens with one attached hydrogen (secondary N) is 1. The molecule has 43 heavy (non-hydrogen) atoms. The van der Waals surface area contributed by atoms with Crippen LogP contribution in [-0.2, 0) is 26.2 Å². The van der Waals surface area contributed by atoms with Crippen LogP contribution in [0.15, 0.2) is 53.7 Å². The van der Waals surface area contributed by atoms with E-state index in [4.69, 9.17) is 19.6 Å². The number of anilines is 1. The lowest BCUT2D eigenvalue weighted by atomic mass is 10.0. The van der Waals surface area contributed by atoms with Crippen molar-refractivity contribution in [1.82, 2.24) is 29.3 Å². The SMILES string of the molecule is C[C@@H]1COCCN1c1cc(-c2ccccc2S(=O)(=O)NC(C)(C)C)c2cnn(-c3ccn(COCC[Si](C)(C)C)n3)c2n1. The predicted molar refractivity (Wildman–Crippen MR) is 172 cm³/mol. The first-order chi connectivity index (χ1) is 20.2. The third kappa shape index (κ3) is 7.35. The summed E-state index contributed by atoms with van der Waals surface area (Å²) in [4.78, 5) is 7.46. The van der Waals surface area contributed by atoms with E-state index in [1.807, 2.05) is 51.2 Å². The van der Waals surface area contributed by atoms with E-state index in [1.54, 1.807) is 27.7 Å². The maximum atomic E-state index is 13.6. The monoisotopic (exact) mass is 625 g/mol. The molecular weight excluding hydrogens is 583 g/mol. The van der Waals surface area contributed by atoms with Crippen molar-refractivity contribution >= 4 is 34.9 Å². The second-order valence-electron chi connectivity index (χ2n) is 13.4. The Morgan fingerprint density at radius 1 is 1.12 bits per heavy atom. The molecule has 11 nitrogen and oxygen atoms in total. The van der Waals surface area contributed by atoms with Crippen molar-refractivity contribution in [1.29, 1.82) is 0 Å². The highest BCUT2D eigenvalue weighted by molar-refractivity contribution is 7.89. The molecule has 3 aromatic heterocycles. The van der Waals surface area contributed by atoms with Gasteiger partial charge in [-0.25, -0.2) is 22.8 Å². The molecule has 13 heteroatoms. The Hall–Kier alpha value is -3.10. The fourth-order valence-electron chi connectivity index (χ4n) is 5.05. The van der Waals surface area contributed by atoms with Crippen LogP contribution >= 0.6 is 0 Å². The van der Waals surface area contributed by atoms with Gasteiger partial charge >= 0.3 is 0 Å². The first-order valence-corrected chi connectivity index (χ1v) is 19.9. The standard InChI is InChI=1S/C30H43N7O4SSi/c1-22-20-40-15-14-36(22)28-18-24(23-10-8-9-11-26(23)42(38,39)34-30(2,3)4)25-19-31-37(29(25)32-28)27-12-13-35(33-27)21-41-16-17-43(5,6)7/h8-13,18-19,22,34H,14-17,20-21H2,1-7H3/t22-/m1/s1. The summed E-state index contributed by atoms with van der Waals surface area (Å²) in [5.41, 5.74) is 1.26. The minimum absolute atomic E-state index is 0.0944. The lowest BCUT2D eigenvalue weighted by Crippen LogP contribution is -2.44. The number of nitrogens with zero attached hydrogens (tertiary/aromatic N) is 6. The number of hydrogen-bond acceptors (Lipinski definition) is 8. The van der Waals surface area contributed by atoms with E-state index in [0.29, 0.717) is 50.1 Å². The maximum Gasteiger partial charge on any atom is 0.241 e. The molecule has 1 N–H and O–H groups in total. The number of morpholine rings is 1. The predicted octanol–water partition coefficient (Wildman–Crippen LogP) is 4.90. The zero-order valence-corrected chi connectivity index (χ0v) is 28.0. The van der Waals surface area contributed by atoms with E-state index in [9.17, 15) is 8.42 Å². The van der Waals surface area contributed by atoms with Gasteiger partial charge < -0.3 is 14.4 Å². The topological polar surface area (TPSA) is 116 Å². The van der Waals surface area contributed by atoms with E-state index in [0.717, 1.165) is 22.8 Å². The molecule has 0 radical (unpaired) electrons. The highest BCUT2D eigenvalue weighted by atomic mass is 32.2. The van der Waals surface area contributed by atoms with Crippen LogP contribution < -0.4 is 9.62 Å². The fraction of sp³-hybridized carbons (Fsp3) is 0.500. The van der Waals surface area contributed by atoms with Gasteiger partial charge in [0.1, 0.15) is 12.5 Å². The summed E-state index contributed by atoms with van der Waals surface area (Å²) in [7, 11) is -5.02. The largest absolute Gasteiger partial charge is 0.377 e. The molecule has 0 aliphatic carbocycles. The number of hydrogen-bond donors (Lipinski definition) is 1. The summed E-state index contributed by atoms with van der Waals surface area (Å²) in [5.74, 6) is 1.33. The summed E-state index contributed by atoms with van der Waals surface area (Å²) in [6.07, 6.45) is 3.60. The second-order valence-corrected chi connectivity index (χ2v) is 20.6. The van der Waals surface area contributed by atoms with Crippen LogP contribution in [0.5, 0.6) is 0 Å². The van der Waals surface area contributed by atoms with Gasteiger partial charge in [-0.3, -0.25) is 0 Å². The van der Waals surface area contributed by atoms with E-state index < -0.39 is 23.6 Å². The Morgan fingerprint density at radius 2 is 1.88 bits per heavy atom. The number of aromatic nitrogens is 5. The van der Waals surface area contributed by atoms with Crippen molar-refractivity contribution in [3.8, 4) is 16.9 Å². The lowest BCUT2D eigenvalue weighted by Gasteiger charge is -2.34. The molecule has 1 aliphatic rings. The molecule has 5 rings (SSSR count). The van der Waals surface area contributed by atoms with Crippen LogP contribution in [0.2, 0.25) is 25.7 Å². The summed E-state index contributed by atoms with van der Waals surface area (Å²) in [6, 6.07) is 12.1. The molecule has 0 saturated carbocycles. The second kappa shape index (κ2) is 12.1. The van der Waals surface area contributed by atoms with Crippen molar-refractivity contribution in [2.45, 2.75) is 76.6 Å². The molecule has 1 aliphatic heterocycles. The minimum Gasteiger partial charge on any atom is -0.377 e. The van der Waals surface area contributed by atoms with Crippen LogP contribution in [0.25, 0.3) is 28.0 Å². The number of ether oxygens (including phenoxy) is 2. The number of pyridine rings is 1. The summed E-state index contributed by atoms with van der Waals surface area (Å²) >= 11 is 0. The van der Waals surface area contributed by atoms with Gasteiger partial charge in [0.2, 0.25) is 10.0 Å². The molecule has 1 aromatic carbocycles. The first kappa shape index (κ1) is 31.3. The van der Waals surface area contributed by atoms with Gasteiger partial charge in [0, 0.05) is 50.0 Å². The van der Waals surface area contributed by atoms with Gasteiger partial charge in [-0.15, -0.1) is 0 Å². The molecule has 232 valence electrons. The van der Waals surface area contributed by atoms with Gasteiger partial charge in [-0.05, 0) is 51.4 Å². The highest BCUT2D eigenvalue weighted by Gasteiger charge is 2.28. The Kier molecular flexibility index (Phi) is 8.83. The highest BCUT2D eigenvalue weighted by Crippen LogP contribution is 2.36. The Balaban J connectivity index is 1.60. The van der Waals surface area contributed by atoms with Gasteiger partial charge in [-0.1, -0.05) is 37.8 Å². The van der Waals surface area contributed by atoms with Crippen LogP contribution in [0.3, 0.4) is 0 Å². The number of benzene rings is 1. The Morgan fingerprint density at radius 3 is 2.60 bits per heavy atom. The summed E-state index contributed by atoms with van der Waals surface area (Å²) in [6.45, 7) is 17.5. The average molecular weight is 626 g/mol. The minimum atomic E-state index is -3.83. The van der Waals surface area contributed by atoms with Crippen molar-refractivity contribution in [3.05, 3.63) is 48.8 Å². The zero-order valence-electron chi connectivity index (χ0n) is 26.2. The molecule has 0 unspecified atom stereocenters. The molecule has 1 atom stereocenters. The molecule has 1 saturated heterocycles. The third-order valence-corrected chi connectivity index (χ3v) is 10.7. The molecule has 0 amide bonds. The van der Waals surface area contributed by atoms with E-state index in [-0.39, 0.29) is 10.9 Å². The number of sulfonamides is 1. The average Bonchev–Trinajstić information content (AvgIpc) is 3.56. The molecule has 0 bridgehead atoms. The van der Waals surface area contributed by atoms with E-state index >= 15 is 0 Å². The van der Waals surface area contributed by atoms with Crippen LogP contribution in [0.1, 0.15) is 27.7 Å². The van der Waals surface area contributed by atoms with Crippen LogP contribution in [-0.4, -0.2) is 79.0 Å². The normalized spacial score (nSPS) is 16.7. The van der Waals surface area contributed by atoms with Gasteiger partial charge in [-0.2, -0.15) is 14.9 Å². The van der Waals surface area contributed by atoms with Gasteiger partial charge in [0.15, 0.2) is 11.5 Å². The van der Waals surface area contributed by atoms with Crippen molar-refractivity contribution in [2.24, 2.45) is 0 Å². The zero-order chi connectivity index (χ0) is 31.0. The molecule has 0 spiro atoms. The smallest absolute Gasteiger partial charge is 0.241 e. The quantitative estimate of drug-likeness (QED) is 0.196. The van der Waals surface area contributed by atoms with E-state index in [1.165, 1.54) is 0 Å². The molecular formula is C30H43N7O4SSi.